The predicted octanol–water partition coefficient (Wildman–Crippen LogP) is 16.8. The molecule has 0 amide bonds. The van der Waals surface area contributed by atoms with Gasteiger partial charge in [0, 0.05) is 80.7 Å². The summed E-state index contributed by atoms with van der Waals surface area (Å²) >= 11 is 17.3. The van der Waals surface area contributed by atoms with Crippen molar-refractivity contribution in [2.75, 3.05) is 34.5 Å². The molecule has 0 unspecified atom stereocenters. The zero-order valence-electron chi connectivity index (χ0n) is 52.4. The highest BCUT2D eigenvalue weighted by Crippen LogP contribution is 2.36. The second-order valence-electron chi connectivity index (χ2n) is 23.4. The molecule has 94 heavy (non-hydrogen) atoms. The quantitative estimate of drug-likeness (QED) is 0.0409. The second-order valence-corrected chi connectivity index (χ2v) is 42.1. The molecular formula is C67H85Cl4N3O15S3Si2. The van der Waals surface area contributed by atoms with Crippen LogP contribution in [0.3, 0.4) is 0 Å². The zero-order valence-corrected chi connectivity index (χ0v) is 59.8. The van der Waals surface area contributed by atoms with Crippen molar-refractivity contribution in [2.24, 2.45) is 0 Å². The van der Waals surface area contributed by atoms with Crippen LogP contribution in [-0.2, 0) is 72.2 Å². The van der Waals surface area contributed by atoms with Crippen molar-refractivity contribution >= 4 is 141 Å². The lowest BCUT2D eigenvalue weighted by atomic mass is 10.1. The van der Waals surface area contributed by atoms with E-state index in [1.807, 2.05) is 25.1 Å². The standard InChI is InChI=1S/C23H28ClNO5SSi.C18H16ClNO5S.C17H25NO3Si.C6H4Cl2O2S.3CH4/c1-16-20(15-23(26)30-12-13-32(3,4)5)21-14-18(29-2)8-11-22(21)25(16)31(27,28)19-9-6-17(24)7-10-19;1-11-15(10-18(21)22)16-9-13(25-2)5-8-17(16)20(11)26(23,24)14-6-3-12(19)4-7-14;1-12-14(11-17(19)21-8-9-22(3,4)5)15-10-13(20-2)6-7-16(15)18-12;7-5-1-3-6(4-2-5)11(8,9)10;;;/h6-11,14H,12-13,15H2,1-5H3;3-9H,10H2,1-2H3,(H,21,22);6-7,10,18H,8-9,11H2,1-5H3;1-4H;3*1H4. The molecule has 0 saturated heterocycles. The third-order valence-electron chi connectivity index (χ3n) is 14.3. The van der Waals surface area contributed by atoms with Gasteiger partial charge in [-0.1, -0.05) is 96.4 Å². The van der Waals surface area contributed by atoms with E-state index in [0.717, 1.165) is 40.0 Å². The van der Waals surface area contributed by atoms with Crippen LogP contribution in [0.5, 0.6) is 17.2 Å². The normalized spacial score (nSPS) is 11.4. The average Bonchev–Trinajstić information content (AvgIpc) is 1.59. The topological polar surface area (TPSA) is 246 Å². The van der Waals surface area contributed by atoms with Crippen LogP contribution in [0.1, 0.15) is 56.1 Å². The molecule has 0 fully saturated rings. The molecule has 0 aliphatic heterocycles. The number of aryl methyl sites for hydroxylation is 1. The molecule has 9 rings (SSSR count). The fourth-order valence-corrected chi connectivity index (χ4v) is 15.1. The Labute approximate surface area is 574 Å². The number of hydrogen-bond acceptors (Lipinski definition) is 14. The number of ether oxygens (including phenoxy) is 5. The number of carboxylic acids is 1. The summed E-state index contributed by atoms with van der Waals surface area (Å²) in [6, 6.07) is 35.2. The van der Waals surface area contributed by atoms with E-state index in [2.05, 4.69) is 44.3 Å². The number of halogens is 4. The smallest absolute Gasteiger partial charge is 0.310 e. The summed E-state index contributed by atoms with van der Waals surface area (Å²) in [6.45, 7) is 19.6. The van der Waals surface area contributed by atoms with Gasteiger partial charge in [-0.05, 0) is 177 Å². The van der Waals surface area contributed by atoms with E-state index in [9.17, 15) is 44.7 Å². The number of carbonyl (C=O) groups is 3. The van der Waals surface area contributed by atoms with Crippen molar-refractivity contribution in [1.82, 2.24) is 12.9 Å². The van der Waals surface area contributed by atoms with E-state index in [4.69, 9.17) is 69.2 Å². The third-order valence-corrected chi connectivity index (χ3v) is 23.5. The summed E-state index contributed by atoms with van der Waals surface area (Å²) in [5.41, 5.74) is 5.74. The SMILES string of the molecule is C.C.C.COc1ccc2[nH]c(C)c(CC(=O)OCC[Si](C)(C)C)c2c1.COc1ccc2c(c1)c(CC(=O)O)c(C)n2S(=O)(=O)c1ccc(Cl)cc1.COc1ccc2c(c1)c(CC(=O)OCC[Si](C)(C)C)c(C)n2S(=O)(=O)c1ccc(Cl)cc1.O=S(=O)(Cl)c1ccc(Cl)cc1. The fourth-order valence-electron chi connectivity index (χ4n) is 9.41. The van der Waals surface area contributed by atoms with Crippen LogP contribution in [0, 0.1) is 20.8 Å². The predicted molar refractivity (Wildman–Crippen MR) is 386 cm³/mol. The number of rotatable bonds is 20. The number of esters is 2. The number of fused-ring (bicyclic) bond motifs is 3. The third kappa shape index (κ3) is 21.3. The molecule has 0 atom stereocenters. The molecule has 512 valence electrons. The number of nitrogens with zero attached hydrogens (tertiary/aromatic N) is 2. The van der Waals surface area contributed by atoms with Crippen LogP contribution in [0.15, 0.2) is 142 Å². The van der Waals surface area contributed by atoms with E-state index in [1.165, 1.54) is 87.9 Å². The van der Waals surface area contributed by atoms with E-state index in [1.54, 1.807) is 64.5 Å². The van der Waals surface area contributed by atoms with E-state index in [0.29, 0.717) is 90.5 Å². The molecule has 3 aromatic heterocycles. The zero-order chi connectivity index (χ0) is 67.6. The Hall–Kier alpha value is -6.81. The van der Waals surface area contributed by atoms with Gasteiger partial charge in [0.2, 0.25) is 0 Å². The summed E-state index contributed by atoms with van der Waals surface area (Å²) < 4.78 is 104. The minimum atomic E-state index is -3.92. The second kappa shape index (κ2) is 34.2. The number of methoxy groups -OCH3 is 3. The number of carboxylic acid groups (broad SMARTS) is 1. The highest BCUT2D eigenvalue weighted by atomic mass is 35.7. The van der Waals surface area contributed by atoms with Gasteiger partial charge >= 0.3 is 17.9 Å². The van der Waals surface area contributed by atoms with E-state index >= 15 is 0 Å². The van der Waals surface area contributed by atoms with Gasteiger partial charge in [-0.2, -0.15) is 0 Å². The summed E-state index contributed by atoms with van der Waals surface area (Å²) in [5, 5.41) is 12.8. The monoisotopic (exact) mass is 1460 g/mol. The largest absolute Gasteiger partial charge is 0.497 e. The van der Waals surface area contributed by atoms with Gasteiger partial charge < -0.3 is 33.8 Å². The molecule has 9 aromatic rings. The lowest BCUT2D eigenvalue weighted by Gasteiger charge is -2.15. The molecule has 0 saturated carbocycles. The lowest BCUT2D eigenvalue weighted by molar-refractivity contribution is -0.143. The number of hydrogen-bond donors (Lipinski definition) is 2. The molecule has 0 aliphatic carbocycles. The van der Waals surface area contributed by atoms with Crippen molar-refractivity contribution in [3.8, 4) is 17.2 Å². The molecule has 2 N–H and O–H groups in total. The van der Waals surface area contributed by atoms with Gasteiger partial charge in [-0.15, -0.1) is 0 Å². The highest BCUT2D eigenvalue weighted by Gasteiger charge is 2.29. The number of carbonyl (C=O) groups excluding carboxylic acids is 2. The summed E-state index contributed by atoms with van der Waals surface area (Å²) in [4.78, 5) is 39.5. The molecule has 3 heterocycles. The first-order chi connectivity index (χ1) is 42.5. The number of H-pyrrole nitrogens is 1. The van der Waals surface area contributed by atoms with Gasteiger partial charge in [0.1, 0.15) is 17.2 Å². The van der Waals surface area contributed by atoms with Crippen LogP contribution < -0.4 is 14.2 Å². The van der Waals surface area contributed by atoms with Crippen LogP contribution >= 0.6 is 45.5 Å². The van der Waals surface area contributed by atoms with Gasteiger partial charge in [0.05, 0.1) is 79.5 Å². The molecule has 0 radical (unpaired) electrons. The first-order valence-electron chi connectivity index (χ1n) is 28.3. The fraction of sp³-hybridized carbons (Fsp3) is 0.328. The van der Waals surface area contributed by atoms with Crippen molar-refractivity contribution < 1.29 is 68.4 Å². The minimum Gasteiger partial charge on any atom is -0.497 e. The number of aliphatic carboxylic acids is 1. The van der Waals surface area contributed by atoms with Crippen LogP contribution in [0.4, 0.5) is 0 Å². The van der Waals surface area contributed by atoms with Crippen LogP contribution in [-0.4, -0.2) is 112 Å². The average molecular weight is 1470 g/mol. The van der Waals surface area contributed by atoms with Crippen molar-refractivity contribution in [2.45, 2.75) is 128 Å². The Morgan fingerprint density at radius 3 is 1.15 bits per heavy atom. The maximum Gasteiger partial charge on any atom is 0.310 e. The molecule has 0 aliphatic rings. The van der Waals surface area contributed by atoms with Crippen LogP contribution in [0.2, 0.25) is 66.4 Å². The number of nitrogens with one attached hydrogen (secondary N) is 1. The Morgan fingerprint density at radius 1 is 0.479 bits per heavy atom. The maximum atomic E-state index is 13.5. The summed E-state index contributed by atoms with van der Waals surface area (Å²) in [5.74, 6) is 0.304. The Bertz CT molecular complexity index is 4450. The Morgan fingerprint density at radius 2 is 0.809 bits per heavy atom. The van der Waals surface area contributed by atoms with Crippen molar-refractivity contribution in [3.05, 3.63) is 176 Å². The first kappa shape index (κ1) is 81.4. The lowest BCUT2D eigenvalue weighted by Crippen LogP contribution is -2.23. The summed E-state index contributed by atoms with van der Waals surface area (Å²) in [7, 11) is -4.23. The van der Waals surface area contributed by atoms with Crippen molar-refractivity contribution in [3.63, 3.8) is 0 Å². The molecule has 0 spiro atoms. The van der Waals surface area contributed by atoms with Gasteiger partial charge in [0.15, 0.2) is 0 Å². The van der Waals surface area contributed by atoms with Gasteiger partial charge in [-0.25, -0.2) is 33.2 Å². The minimum absolute atomic E-state index is 0. The first-order valence-corrected chi connectivity index (χ1v) is 42.0. The summed E-state index contributed by atoms with van der Waals surface area (Å²) in [6.07, 6.45) is -0.0202. The van der Waals surface area contributed by atoms with E-state index in [-0.39, 0.29) is 61.7 Å². The Kier molecular flexibility index (Phi) is 29.6. The van der Waals surface area contributed by atoms with Crippen molar-refractivity contribution in [1.29, 1.82) is 0 Å². The number of benzene rings is 6. The van der Waals surface area contributed by atoms with Crippen LogP contribution in [0.25, 0.3) is 32.7 Å². The number of aromatic nitrogens is 3. The highest BCUT2D eigenvalue weighted by molar-refractivity contribution is 8.13. The van der Waals surface area contributed by atoms with Gasteiger partial charge in [0.25, 0.3) is 29.1 Å². The molecule has 18 nitrogen and oxygen atoms in total. The Balaban J connectivity index is 0.000000339. The molecule has 0 bridgehead atoms. The van der Waals surface area contributed by atoms with Gasteiger partial charge in [-0.3, -0.25) is 14.4 Å². The molecule has 27 heteroatoms. The maximum absolute atomic E-state index is 13.5. The molecular weight excluding hydrogens is 1380 g/mol. The number of aromatic amines is 1. The van der Waals surface area contributed by atoms with E-state index < -0.39 is 51.2 Å². The molecule has 6 aromatic carbocycles.